The standard InChI is InChI=1S/C19H20N4O2/c24-19(25-12-13-5-2-1-3-6-13)22-16-9-15(10-16)21-17-8-4-7-14-11-20-23-18(14)17/h1-8,11,15-16,21H,9-10,12H2,(H,20,23)(H,22,24). The molecule has 1 aliphatic carbocycles. The molecule has 0 atom stereocenters. The van der Waals surface area contributed by atoms with Crippen molar-refractivity contribution in [3.63, 3.8) is 0 Å². The average Bonchev–Trinajstić information content (AvgIpc) is 3.08. The number of fused-ring (bicyclic) bond motifs is 1. The van der Waals surface area contributed by atoms with Gasteiger partial charge in [0.2, 0.25) is 0 Å². The highest BCUT2D eigenvalue weighted by molar-refractivity contribution is 5.90. The number of ether oxygens (including phenoxy) is 1. The minimum Gasteiger partial charge on any atom is -0.445 e. The topological polar surface area (TPSA) is 79.0 Å². The summed E-state index contributed by atoms with van der Waals surface area (Å²) in [7, 11) is 0. The molecule has 6 heteroatoms. The lowest BCUT2D eigenvalue weighted by Crippen LogP contribution is -2.49. The Hall–Kier alpha value is -3.02. The number of para-hydroxylation sites is 1. The van der Waals surface area contributed by atoms with Crippen molar-refractivity contribution in [2.75, 3.05) is 5.32 Å². The first kappa shape index (κ1) is 15.5. The molecule has 1 heterocycles. The zero-order chi connectivity index (χ0) is 17.1. The predicted molar refractivity (Wildman–Crippen MR) is 96.3 cm³/mol. The second-order valence-electron chi connectivity index (χ2n) is 6.36. The summed E-state index contributed by atoms with van der Waals surface area (Å²) < 4.78 is 5.25. The van der Waals surface area contributed by atoms with Gasteiger partial charge in [0.25, 0.3) is 0 Å². The van der Waals surface area contributed by atoms with Crippen molar-refractivity contribution in [2.45, 2.75) is 31.5 Å². The normalized spacial score (nSPS) is 19.2. The molecule has 128 valence electrons. The SMILES string of the molecule is O=C(NC1CC(Nc2cccc3cn[nH]c23)C1)OCc1ccccc1. The monoisotopic (exact) mass is 336 g/mol. The fourth-order valence-corrected chi connectivity index (χ4v) is 3.09. The fraction of sp³-hybridized carbons (Fsp3) is 0.263. The molecule has 25 heavy (non-hydrogen) atoms. The molecule has 0 unspecified atom stereocenters. The van der Waals surface area contributed by atoms with Crippen LogP contribution in [-0.2, 0) is 11.3 Å². The zero-order valence-corrected chi connectivity index (χ0v) is 13.7. The van der Waals surface area contributed by atoms with Gasteiger partial charge in [0.1, 0.15) is 6.61 Å². The summed E-state index contributed by atoms with van der Waals surface area (Å²) in [5.41, 5.74) is 3.05. The molecule has 3 N–H and O–H groups in total. The van der Waals surface area contributed by atoms with E-state index in [1.165, 1.54) is 0 Å². The summed E-state index contributed by atoms with van der Waals surface area (Å²) in [5, 5.41) is 14.6. The number of hydrogen-bond donors (Lipinski definition) is 3. The Morgan fingerprint density at radius 3 is 2.80 bits per heavy atom. The van der Waals surface area contributed by atoms with Gasteiger partial charge in [-0.2, -0.15) is 5.10 Å². The molecular weight excluding hydrogens is 316 g/mol. The molecular formula is C19H20N4O2. The van der Waals surface area contributed by atoms with Crippen LogP contribution in [-0.4, -0.2) is 28.4 Å². The molecule has 2 aromatic carbocycles. The number of carbonyl (C=O) groups excluding carboxylic acids is 1. The smallest absolute Gasteiger partial charge is 0.407 e. The molecule has 3 aromatic rings. The fourth-order valence-electron chi connectivity index (χ4n) is 3.09. The number of anilines is 1. The lowest BCUT2D eigenvalue weighted by Gasteiger charge is -2.36. The largest absolute Gasteiger partial charge is 0.445 e. The summed E-state index contributed by atoms with van der Waals surface area (Å²) in [6.45, 7) is 0.295. The van der Waals surface area contributed by atoms with E-state index in [9.17, 15) is 4.79 Å². The third kappa shape index (κ3) is 3.57. The number of H-pyrrole nitrogens is 1. The van der Waals surface area contributed by atoms with Gasteiger partial charge >= 0.3 is 6.09 Å². The Labute approximate surface area is 145 Å². The third-order valence-corrected chi connectivity index (χ3v) is 4.51. The van der Waals surface area contributed by atoms with E-state index in [-0.39, 0.29) is 12.1 Å². The van der Waals surface area contributed by atoms with Crippen molar-refractivity contribution in [1.29, 1.82) is 0 Å². The van der Waals surface area contributed by atoms with E-state index >= 15 is 0 Å². The Kier molecular flexibility index (Phi) is 4.24. The van der Waals surface area contributed by atoms with Crippen molar-refractivity contribution in [3.05, 3.63) is 60.3 Å². The quantitative estimate of drug-likeness (QED) is 0.667. The first-order valence-electron chi connectivity index (χ1n) is 8.44. The number of alkyl carbamates (subject to hydrolysis) is 1. The summed E-state index contributed by atoms with van der Waals surface area (Å²) in [5.74, 6) is 0. The van der Waals surface area contributed by atoms with E-state index in [0.29, 0.717) is 12.6 Å². The van der Waals surface area contributed by atoms with E-state index < -0.39 is 0 Å². The van der Waals surface area contributed by atoms with E-state index in [1.54, 1.807) is 0 Å². The molecule has 1 saturated carbocycles. The number of amides is 1. The molecule has 6 nitrogen and oxygen atoms in total. The number of benzene rings is 2. The van der Waals surface area contributed by atoms with E-state index in [1.807, 2.05) is 54.7 Å². The number of rotatable bonds is 5. The van der Waals surface area contributed by atoms with Gasteiger partial charge in [-0.15, -0.1) is 0 Å². The Morgan fingerprint density at radius 1 is 1.12 bits per heavy atom. The molecule has 4 rings (SSSR count). The number of carbonyl (C=O) groups is 1. The zero-order valence-electron chi connectivity index (χ0n) is 13.7. The van der Waals surface area contributed by atoms with Gasteiger partial charge in [-0.05, 0) is 24.5 Å². The van der Waals surface area contributed by atoms with Gasteiger partial charge in [0.15, 0.2) is 0 Å². The lowest BCUT2D eigenvalue weighted by molar-refractivity contribution is 0.129. The highest BCUT2D eigenvalue weighted by Crippen LogP contribution is 2.28. The summed E-state index contributed by atoms with van der Waals surface area (Å²) in [6, 6.07) is 16.2. The van der Waals surface area contributed by atoms with E-state index in [2.05, 4.69) is 20.8 Å². The summed E-state index contributed by atoms with van der Waals surface area (Å²) in [4.78, 5) is 11.9. The van der Waals surface area contributed by atoms with Gasteiger partial charge in [0.05, 0.1) is 17.4 Å². The summed E-state index contributed by atoms with van der Waals surface area (Å²) in [6.07, 6.45) is 3.22. The number of nitrogens with zero attached hydrogens (tertiary/aromatic N) is 1. The number of aromatic nitrogens is 2. The van der Waals surface area contributed by atoms with Crippen molar-refractivity contribution in [2.24, 2.45) is 0 Å². The molecule has 1 aromatic heterocycles. The molecule has 0 bridgehead atoms. The minimum atomic E-state index is -0.358. The molecule has 0 aliphatic heterocycles. The average molecular weight is 336 g/mol. The summed E-state index contributed by atoms with van der Waals surface area (Å²) >= 11 is 0. The molecule has 1 fully saturated rings. The Morgan fingerprint density at radius 2 is 1.96 bits per heavy atom. The van der Waals surface area contributed by atoms with Gasteiger partial charge in [-0.25, -0.2) is 4.79 Å². The molecule has 1 amide bonds. The maximum atomic E-state index is 11.9. The molecule has 0 spiro atoms. The second kappa shape index (κ2) is 6.84. The highest BCUT2D eigenvalue weighted by Gasteiger charge is 2.31. The predicted octanol–water partition coefficient (Wildman–Crippen LogP) is 3.43. The number of aromatic amines is 1. The Balaban J connectivity index is 1.22. The van der Waals surface area contributed by atoms with Gasteiger partial charge < -0.3 is 15.4 Å². The van der Waals surface area contributed by atoms with Crippen molar-refractivity contribution >= 4 is 22.7 Å². The van der Waals surface area contributed by atoms with Crippen LogP contribution < -0.4 is 10.6 Å². The van der Waals surface area contributed by atoms with Gasteiger partial charge in [-0.1, -0.05) is 42.5 Å². The second-order valence-corrected chi connectivity index (χ2v) is 6.36. The van der Waals surface area contributed by atoms with Crippen molar-refractivity contribution in [3.8, 4) is 0 Å². The van der Waals surface area contributed by atoms with Crippen molar-refractivity contribution in [1.82, 2.24) is 15.5 Å². The van der Waals surface area contributed by atoms with Crippen LogP contribution in [0.15, 0.2) is 54.7 Å². The third-order valence-electron chi connectivity index (χ3n) is 4.51. The van der Waals surface area contributed by atoms with Crippen molar-refractivity contribution < 1.29 is 9.53 Å². The van der Waals surface area contributed by atoms with Gasteiger partial charge in [0, 0.05) is 17.5 Å². The number of nitrogens with one attached hydrogen (secondary N) is 3. The first-order valence-corrected chi connectivity index (χ1v) is 8.44. The van der Waals surface area contributed by atoms with E-state index in [4.69, 9.17) is 4.74 Å². The number of hydrogen-bond acceptors (Lipinski definition) is 4. The lowest BCUT2D eigenvalue weighted by atomic mass is 9.86. The minimum absolute atomic E-state index is 0.154. The molecule has 1 aliphatic rings. The van der Waals surface area contributed by atoms with Crippen LogP contribution >= 0.6 is 0 Å². The first-order chi connectivity index (χ1) is 12.3. The van der Waals surface area contributed by atoms with E-state index in [0.717, 1.165) is 35.0 Å². The highest BCUT2D eigenvalue weighted by atomic mass is 16.5. The Bertz CT molecular complexity index is 856. The van der Waals surface area contributed by atoms with Gasteiger partial charge in [-0.3, -0.25) is 5.10 Å². The van der Waals surface area contributed by atoms with Crippen LogP contribution in [0.5, 0.6) is 0 Å². The molecule has 0 saturated heterocycles. The molecule has 0 radical (unpaired) electrons. The van der Waals surface area contributed by atoms with Crippen LogP contribution in [0.1, 0.15) is 18.4 Å². The van der Waals surface area contributed by atoms with Crippen LogP contribution in [0.3, 0.4) is 0 Å². The maximum absolute atomic E-state index is 11.9. The van der Waals surface area contributed by atoms with Crippen LogP contribution in [0.25, 0.3) is 10.9 Å². The van der Waals surface area contributed by atoms with Crippen LogP contribution in [0, 0.1) is 0 Å². The maximum Gasteiger partial charge on any atom is 0.407 e. The van der Waals surface area contributed by atoms with Crippen LogP contribution in [0.2, 0.25) is 0 Å². The van der Waals surface area contributed by atoms with Crippen LogP contribution in [0.4, 0.5) is 10.5 Å².